The quantitative estimate of drug-likeness (QED) is 0.571. The topological polar surface area (TPSA) is 55.1 Å². The lowest BCUT2D eigenvalue weighted by atomic mass is 10.2. The smallest absolute Gasteiger partial charge is 0.261 e. The summed E-state index contributed by atoms with van der Waals surface area (Å²) in [7, 11) is 0. The maximum atomic E-state index is 12.0. The molecular weight excluding hydrogens is 300 g/mol. The largest absolute Gasteiger partial charge is 0.351 e. The van der Waals surface area contributed by atoms with Gasteiger partial charge >= 0.3 is 0 Å². The van der Waals surface area contributed by atoms with Crippen LogP contribution in [0.5, 0.6) is 0 Å². The second-order valence-corrected chi connectivity index (χ2v) is 6.83. The van der Waals surface area contributed by atoms with Gasteiger partial charge in [-0.1, -0.05) is 24.7 Å². The summed E-state index contributed by atoms with van der Waals surface area (Å²) in [6, 6.07) is 1.90. The predicted molar refractivity (Wildman–Crippen MR) is 94.2 cm³/mol. The highest BCUT2D eigenvalue weighted by Crippen LogP contribution is 2.20. The van der Waals surface area contributed by atoms with Crippen LogP contribution < -0.4 is 11.1 Å². The number of aryl methyl sites for hydroxylation is 1. The van der Waals surface area contributed by atoms with Crippen molar-refractivity contribution >= 4 is 29.0 Å². The van der Waals surface area contributed by atoms with Crippen molar-refractivity contribution in [1.82, 2.24) is 5.32 Å². The third-order valence-electron chi connectivity index (χ3n) is 3.01. The lowest BCUT2D eigenvalue weighted by Crippen LogP contribution is -2.23. The summed E-state index contributed by atoms with van der Waals surface area (Å²) in [6.07, 6.45) is 6.87. The molecule has 0 unspecified atom stereocenters. The van der Waals surface area contributed by atoms with Crippen LogP contribution in [0.2, 0.25) is 0 Å². The molecule has 1 aromatic heterocycles. The van der Waals surface area contributed by atoms with Crippen LogP contribution >= 0.6 is 23.1 Å². The van der Waals surface area contributed by atoms with Crippen molar-refractivity contribution in [2.24, 2.45) is 5.73 Å². The number of thioether (sulfide) groups is 1. The van der Waals surface area contributed by atoms with Gasteiger partial charge in [-0.05, 0) is 43.4 Å². The van der Waals surface area contributed by atoms with E-state index in [0.717, 1.165) is 28.3 Å². The molecule has 1 aromatic rings. The van der Waals surface area contributed by atoms with Gasteiger partial charge in [0.15, 0.2) is 0 Å². The summed E-state index contributed by atoms with van der Waals surface area (Å²) in [5.74, 6) is 7.07. The van der Waals surface area contributed by atoms with Crippen LogP contribution in [-0.4, -0.2) is 31.0 Å². The molecule has 0 fully saturated rings. The number of rotatable bonds is 8. The van der Waals surface area contributed by atoms with E-state index in [9.17, 15) is 4.79 Å². The van der Waals surface area contributed by atoms with Gasteiger partial charge in [-0.2, -0.15) is 11.8 Å². The van der Waals surface area contributed by atoms with Crippen molar-refractivity contribution < 1.29 is 4.79 Å². The molecule has 0 atom stereocenters. The minimum Gasteiger partial charge on any atom is -0.351 e. The molecule has 0 aliphatic carbocycles. The van der Waals surface area contributed by atoms with Crippen molar-refractivity contribution in [3.63, 3.8) is 0 Å². The summed E-state index contributed by atoms with van der Waals surface area (Å²) in [5.41, 5.74) is 6.41. The van der Waals surface area contributed by atoms with E-state index in [1.165, 1.54) is 36.4 Å². The first-order chi connectivity index (χ1) is 10.2. The van der Waals surface area contributed by atoms with Gasteiger partial charge in [0.25, 0.3) is 5.91 Å². The predicted octanol–water partition coefficient (Wildman–Crippen LogP) is 3.02. The van der Waals surface area contributed by atoms with Crippen molar-refractivity contribution in [2.45, 2.75) is 32.6 Å². The highest BCUT2D eigenvalue weighted by Gasteiger charge is 2.10. The molecule has 0 aliphatic rings. The fourth-order valence-electron chi connectivity index (χ4n) is 1.86. The number of hydrogen-bond acceptors (Lipinski definition) is 4. The molecule has 5 heteroatoms. The number of thiophene rings is 1. The number of carbonyl (C=O) groups is 1. The zero-order valence-corrected chi connectivity index (χ0v) is 14.5. The van der Waals surface area contributed by atoms with E-state index in [0.29, 0.717) is 6.54 Å². The number of hydrogen-bond donors (Lipinski definition) is 2. The Bertz CT molecular complexity index is 500. The van der Waals surface area contributed by atoms with Crippen LogP contribution in [-0.2, 0) is 0 Å². The first kappa shape index (κ1) is 18.1. The maximum Gasteiger partial charge on any atom is 0.261 e. The van der Waals surface area contributed by atoms with E-state index in [4.69, 9.17) is 5.73 Å². The molecule has 1 heterocycles. The van der Waals surface area contributed by atoms with Gasteiger partial charge in [0.2, 0.25) is 0 Å². The molecular formula is C16H24N2OS2. The van der Waals surface area contributed by atoms with Crippen molar-refractivity contribution in [3.8, 4) is 11.8 Å². The van der Waals surface area contributed by atoms with Crippen LogP contribution in [0.1, 0.15) is 45.8 Å². The summed E-state index contributed by atoms with van der Waals surface area (Å²) >= 11 is 3.33. The molecule has 21 heavy (non-hydrogen) atoms. The first-order valence-electron chi connectivity index (χ1n) is 7.25. The van der Waals surface area contributed by atoms with Crippen molar-refractivity contribution in [2.75, 3.05) is 25.1 Å². The molecule has 116 valence electrons. The van der Waals surface area contributed by atoms with E-state index >= 15 is 0 Å². The summed E-state index contributed by atoms with van der Waals surface area (Å²) < 4.78 is 0. The second-order valence-electron chi connectivity index (χ2n) is 4.79. The molecule has 3 N–H and O–H groups in total. The Morgan fingerprint density at radius 3 is 2.86 bits per heavy atom. The Morgan fingerprint density at radius 1 is 1.38 bits per heavy atom. The summed E-state index contributed by atoms with van der Waals surface area (Å²) in [5, 5.41) is 2.98. The SMILES string of the molecule is CSCCCCCCNC(=O)c1cc(C)c(C#CCN)s1. The van der Waals surface area contributed by atoms with E-state index in [1.54, 1.807) is 0 Å². The van der Waals surface area contributed by atoms with Crippen molar-refractivity contribution in [1.29, 1.82) is 0 Å². The lowest BCUT2D eigenvalue weighted by Gasteiger charge is -2.03. The number of unbranched alkanes of at least 4 members (excludes halogenated alkanes) is 3. The highest BCUT2D eigenvalue weighted by molar-refractivity contribution is 7.98. The summed E-state index contributed by atoms with van der Waals surface area (Å²) in [6.45, 7) is 3.06. The van der Waals surface area contributed by atoms with Crippen LogP contribution in [0, 0.1) is 18.8 Å². The minimum atomic E-state index is 0.00742. The standard InChI is InChI=1S/C16H24N2OS2/c1-13-12-15(21-14(13)8-7-9-17)16(19)18-10-5-3-4-6-11-20-2/h12H,3-6,9-11,17H2,1-2H3,(H,18,19). The van der Waals surface area contributed by atoms with Crippen LogP contribution in [0.15, 0.2) is 6.07 Å². The fraction of sp³-hybridized carbons (Fsp3) is 0.562. The Kier molecular flexibility index (Phi) is 9.24. The lowest BCUT2D eigenvalue weighted by molar-refractivity contribution is 0.0957. The zero-order chi connectivity index (χ0) is 15.5. The van der Waals surface area contributed by atoms with Crippen molar-refractivity contribution in [3.05, 3.63) is 21.4 Å². The molecule has 0 bridgehead atoms. The van der Waals surface area contributed by atoms with Gasteiger partial charge in [-0.15, -0.1) is 11.3 Å². The molecule has 0 aliphatic heterocycles. The number of carbonyl (C=O) groups excluding carboxylic acids is 1. The highest BCUT2D eigenvalue weighted by atomic mass is 32.2. The van der Waals surface area contributed by atoms with E-state index in [2.05, 4.69) is 23.4 Å². The summed E-state index contributed by atoms with van der Waals surface area (Å²) in [4.78, 5) is 13.7. The van der Waals surface area contributed by atoms with Gasteiger partial charge in [0.1, 0.15) is 0 Å². The van der Waals surface area contributed by atoms with E-state index < -0.39 is 0 Å². The third kappa shape index (κ3) is 7.03. The number of nitrogens with one attached hydrogen (secondary N) is 1. The average molecular weight is 325 g/mol. The zero-order valence-electron chi connectivity index (χ0n) is 12.8. The number of amides is 1. The van der Waals surface area contributed by atoms with Gasteiger partial charge in [-0.25, -0.2) is 0 Å². The van der Waals surface area contributed by atoms with Gasteiger partial charge in [0, 0.05) is 6.54 Å². The molecule has 0 radical (unpaired) electrons. The third-order valence-corrected chi connectivity index (χ3v) is 4.85. The van der Waals surface area contributed by atoms with E-state index in [1.807, 2.05) is 24.8 Å². The first-order valence-corrected chi connectivity index (χ1v) is 9.46. The molecule has 0 saturated heterocycles. The molecule has 0 aromatic carbocycles. The number of nitrogens with two attached hydrogens (primary N) is 1. The maximum absolute atomic E-state index is 12.0. The van der Waals surface area contributed by atoms with Gasteiger partial charge < -0.3 is 11.1 Å². The molecule has 1 amide bonds. The Hall–Kier alpha value is -0.960. The molecule has 0 spiro atoms. The Labute approximate surface area is 136 Å². The average Bonchev–Trinajstić information content (AvgIpc) is 2.85. The van der Waals surface area contributed by atoms with Gasteiger partial charge in [0.05, 0.1) is 16.3 Å². The molecule has 3 nitrogen and oxygen atoms in total. The normalized spacial score (nSPS) is 10.0. The molecule has 0 saturated carbocycles. The van der Waals surface area contributed by atoms with Gasteiger partial charge in [-0.3, -0.25) is 4.79 Å². The fourth-order valence-corrected chi connectivity index (χ4v) is 3.32. The van der Waals surface area contributed by atoms with Crippen LogP contribution in [0.4, 0.5) is 0 Å². The molecule has 1 rings (SSSR count). The Balaban J connectivity index is 2.32. The monoisotopic (exact) mass is 324 g/mol. The minimum absolute atomic E-state index is 0.00742. The Morgan fingerprint density at radius 2 is 2.14 bits per heavy atom. The van der Waals surface area contributed by atoms with Crippen LogP contribution in [0.3, 0.4) is 0 Å². The van der Waals surface area contributed by atoms with Crippen LogP contribution in [0.25, 0.3) is 0 Å². The van der Waals surface area contributed by atoms with E-state index in [-0.39, 0.29) is 5.91 Å². The second kappa shape index (κ2) is 10.7.